The molecular formula is C22H19F3N2O5. The molecule has 1 heterocycles. The summed E-state index contributed by atoms with van der Waals surface area (Å²) in [5.41, 5.74) is -4.64. The van der Waals surface area contributed by atoms with Gasteiger partial charge >= 0.3 is 12.1 Å². The van der Waals surface area contributed by atoms with E-state index in [1.54, 1.807) is 19.1 Å². The summed E-state index contributed by atoms with van der Waals surface area (Å²) in [6.07, 6.45) is -2.51. The van der Waals surface area contributed by atoms with Crippen LogP contribution in [0.2, 0.25) is 0 Å². The fraction of sp³-hybridized carbons (Fsp3) is 0.273. The lowest BCUT2D eigenvalue weighted by molar-refractivity contribution is -0.246. The Balaban J connectivity index is 2.00. The maximum Gasteiger partial charge on any atom is 0.425 e. The van der Waals surface area contributed by atoms with Crippen LogP contribution in [0, 0.1) is 6.92 Å². The number of aliphatic hydroxyl groups excluding tert-OH is 2. The molecule has 0 aliphatic heterocycles. The average Bonchev–Trinajstić information content (AvgIpc) is 3.32. The highest BCUT2D eigenvalue weighted by molar-refractivity contribution is 5.92. The minimum atomic E-state index is -4.99. The fourth-order valence-electron chi connectivity index (χ4n) is 4.18. The van der Waals surface area contributed by atoms with Crippen molar-refractivity contribution in [2.75, 3.05) is 13.2 Å². The minimum absolute atomic E-state index is 0.152. The van der Waals surface area contributed by atoms with Crippen molar-refractivity contribution in [1.29, 1.82) is 0 Å². The van der Waals surface area contributed by atoms with E-state index in [9.17, 15) is 38.4 Å². The van der Waals surface area contributed by atoms with Gasteiger partial charge in [0.05, 0.1) is 19.4 Å². The second-order valence-corrected chi connectivity index (χ2v) is 7.82. The van der Waals surface area contributed by atoms with Crippen LogP contribution < -0.4 is 0 Å². The van der Waals surface area contributed by atoms with Gasteiger partial charge in [-0.2, -0.15) is 18.3 Å². The molecule has 0 radical (unpaired) electrons. The summed E-state index contributed by atoms with van der Waals surface area (Å²) < 4.78 is 43.2. The van der Waals surface area contributed by atoms with Crippen molar-refractivity contribution in [3.8, 4) is 22.3 Å². The number of alkyl halides is 3. The number of carboxylic acid groups (broad SMARTS) is 1. The molecule has 4 N–H and O–H groups in total. The monoisotopic (exact) mass is 448 g/mol. The first-order chi connectivity index (χ1) is 15.0. The number of carboxylic acids is 1. The molecule has 3 aromatic rings. The lowest BCUT2D eigenvalue weighted by atomic mass is 9.88. The maximum absolute atomic E-state index is 14.1. The lowest BCUT2D eigenvalue weighted by Crippen LogP contribution is -2.48. The van der Waals surface area contributed by atoms with Crippen LogP contribution >= 0.6 is 0 Å². The molecule has 1 atom stereocenters. The molecule has 0 amide bonds. The summed E-state index contributed by atoms with van der Waals surface area (Å²) in [5.74, 6) is -1.52. The van der Waals surface area contributed by atoms with Crippen LogP contribution in [-0.4, -0.2) is 55.6 Å². The van der Waals surface area contributed by atoms with Crippen molar-refractivity contribution in [3.05, 3.63) is 65.5 Å². The molecule has 1 aliphatic rings. The first-order valence-electron chi connectivity index (χ1n) is 9.56. The van der Waals surface area contributed by atoms with Crippen molar-refractivity contribution in [3.63, 3.8) is 0 Å². The predicted molar refractivity (Wildman–Crippen MR) is 107 cm³/mol. The Labute approximate surface area is 180 Å². The zero-order valence-corrected chi connectivity index (χ0v) is 16.8. The van der Waals surface area contributed by atoms with Crippen molar-refractivity contribution < 1.29 is 38.4 Å². The van der Waals surface area contributed by atoms with Crippen LogP contribution in [-0.2, 0) is 15.9 Å². The number of hydrogen-bond acceptors (Lipinski definition) is 5. The van der Waals surface area contributed by atoms with Crippen LogP contribution in [0.3, 0.4) is 0 Å². The van der Waals surface area contributed by atoms with E-state index >= 15 is 0 Å². The maximum atomic E-state index is 14.1. The van der Waals surface area contributed by atoms with Crippen LogP contribution in [0.5, 0.6) is 0 Å². The molecule has 4 rings (SSSR count). The molecule has 10 heteroatoms. The smallest absolute Gasteiger partial charge is 0.425 e. The summed E-state index contributed by atoms with van der Waals surface area (Å²) in [6, 6.07) is 8.56. The fourth-order valence-corrected chi connectivity index (χ4v) is 4.18. The summed E-state index contributed by atoms with van der Waals surface area (Å²) in [4.78, 5) is 11.7. The van der Waals surface area contributed by atoms with Crippen LogP contribution in [0.15, 0.2) is 48.8 Å². The highest BCUT2D eigenvalue weighted by Gasteiger charge is 2.61. The third-order valence-corrected chi connectivity index (χ3v) is 5.92. The van der Waals surface area contributed by atoms with E-state index in [2.05, 4.69) is 5.10 Å². The third kappa shape index (κ3) is 2.80. The van der Waals surface area contributed by atoms with Crippen LogP contribution in [0.1, 0.15) is 16.7 Å². The molecule has 0 bridgehead atoms. The van der Waals surface area contributed by atoms with Gasteiger partial charge in [-0.25, -0.2) is 9.48 Å². The van der Waals surface area contributed by atoms with Gasteiger partial charge in [0.2, 0.25) is 11.1 Å². The Morgan fingerprint density at radius 1 is 1.09 bits per heavy atom. The molecule has 0 saturated carbocycles. The number of aliphatic hydroxyl groups is 3. The van der Waals surface area contributed by atoms with Gasteiger partial charge in [-0.3, -0.25) is 0 Å². The second-order valence-electron chi connectivity index (χ2n) is 7.82. The highest BCUT2D eigenvalue weighted by Crippen LogP contribution is 2.57. The highest BCUT2D eigenvalue weighted by atomic mass is 19.4. The zero-order valence-electron chi connectivity index (χ0n) is 16.8. The standard InChI is InChI=1S/C22H19F3N2O5/c1-12-6-15(13-8-26-27(9-13)20(10-28,11-29)19(30)31)18-14-4-2-3-5-16(14)21(32,17(18)7-12)22(23,24)25/h2-9,28-29,32H,10-11H2,1H3,(H,30,31). The summed E-state index contributed by atoms with van der Waals surface area (Å²) in [6.45, 7) is -0.331. The van der Waals surface area contributed by atoms with E-state index in [0.717, 1.165) is 4.68 Å². The third-order valence-electron chi connectivity index (χ3n) is 5.92. The number of aliphatic carboxylic acids is 1. The Kier molecular flexibility index (Phi) is 4.92. The number of aromatic nitrogens is 2. The van der Waals surface area contributed by atoms with Gasteiger partial charge in [-0.15, -0.1) is 0 Å². The van der Waals surface area contributed by atoms with Crippen molar-refractivity contribution >= 4 is 5.97 Å². The molecule has 0 saturated heterocycles. The molecule has 168 valence electrons. The van der Waals surface area contributed by atoms with Gasteiger partial charge in [-0.05, 0) is 23.6 Å². The molecule has 2 aromatic carbocycles. The zero-order chi connectivity index (χ0) is 23.5. The van der Waals surface area contributed by atoms with E-state index < -0.39 is 36.5 Å². The van der Waals surface area contributed by atoms with E-state index in [4.69, 9.17) is 0 Å². The van der Waals surface area contributed by atoms with E-state index in [0.29, 0.717) is 11.1 Å². The van der Waals surface area contributed by atoms with Crippen LogP contribution in [0.4, 0.5) is 13.2 Å². The van der Waals surface area contributed by atoms with Gasteiger partial charge in [-0.1, -0.05) is 42.0 Å². The number of halogens is 3. The normalized spacial score (nSPS) is 17.8. The Bertz CT molecular complexity index is 1220. The first-order valence-corrected chi connectivity index (χ1v) is 9.56. The lowest BCUT2D eigenvalue weighted by Gasteiger charge is -2.28. The Hall–Kier alpha value is -3.21. The summed E-state index contributed by atoms with van der Waals surface area (Å²) >= 11 is 0. The number of rotatable bonds is 5. The second kappa shape index (κ2) is 7.16. The number of fused-ring (bicyclic) bond motifs is 3. The Morgan fingerprint density at radius 3 is 2.34 bits per heavy atom. The number of hydrogen-bond donors (Lipinski definition) is 4. The molecule has 7 nitrogen and oxygen atoms in total. The molecule has 1 aromatic heterocycles. The van der Waals surface area contributed by atoms with Gasteiger partial charge in [0.25, 0.3) is 0 Å². The number of carbonyl (C=O) groups is 1. The minimum Gasteiger partial charge on any atom is -0.479 e. The summed E-state index contributed by atoms with van der Waals surface area (Å²) in [5, 5.41) is 43.6. The molecule has 0 spiro atoms. The van der Waals surface area contributed by atoms with Gasteiger partial charge in [0.15, 0.2) is 0 Å². The topological polar surface area (TPSA) is 116 Å². The molecule has 1 unspecified atom stereocenters. The largest absolute Gasteiger partial charge is 0.479 e. The SMILES string of the molecule is Cc1cc(-c2cnn(C(CO)(CO)C(=O)O)c2)c2c(c1)C(O)(C(F)(F)F)c1ccccc1-2. The summed E-state index contributed by atoms with van der Waals surface area (Å²) in [7, 11) is 0. The number of nitrogens with zero attached hydrogens (tertiary/aromatic N) is 2. The number of aryl methyl sites for hydroxylation is 1. The Morgan fingerprint density at radius 2 is 1.75 bits per heavy atom. The van der Waals surface area contributed by atoms with Gasteiger partial charge < -0.3 is 20.4 Å². The van der Waals surface area contributed by atoms with Gasteiger partial charge in [0, 0.05) is 22.9 Å². The molecule has 1 aliphatic carbocycles. The van der Waals surface area contributed by atoms with Crippen molar-refractivity contribution in [1.82, 2.24) is 9.78 Å². The van der Waals surface area contributed by atoms with Crippen molar-refractivity contribution in [2.24, 2.45) is 0 Å². The molecule has 0 fully saturated rings. The van der Waals surface area contributed by atoms with Gasteiger partial charge in [0.1, 0.15) is 0 Å². The number of benzene rings is 2. The van der Waals surface area contributed by atoms with E-state index in [1.165, 1.54) is 36.7 Å². The van der Waals surface area contributed by atoms with E-state index in [1.807, 2.05) is 0 Å². The quantitative estimate of drug-likeness (QED) is 0.477. The first kappa shape index (κ1) is 22.0. The van der Waals surface area contributed by atoms with Crippen LogP contribution in [0.25, 0.3) is 22.3 Å². The van der Waals surface area contributed by atoms with Crippen molar-refractivity contribution in [2.45, 2.75) is 24.2 Å². The average molecular weight is 448 g/mol. The molecule has 32 heavy (non-hydrogen) atoms. The predicted octanol–water partition coefficient (Wildman–Crippen LogP) is 2.40. The molecular weight excluding hydrogens is 429 g/mol. The van der Waals surface area contributed by atoms with E-state index in [-0.39, 0.29) is 27.8 Å².